The summed E-state index contributed by atoms with van der Waals surface area (Å²) in [5, 5.41) is 9.12. The van der Waals surface area contributed by atoms with Crippen molar-refractivity contribution < 1.29 is 0 Å². The average molecular weight is 226 g/mol. The van der Waals surface area contributed by atoms with E-state index in [9.17, 15) is 0 Å². The summed E-state index contributed by atoms with van der Waals surface area (Å²) in [6.07, 6.45) is 0. The monoisotopic (exact) mass is 226 g/mol. The molecule has 2 unspecified atom stereocenters. The predicted molar refractivity (Wildman–Crippen MR) is 68.7 cm³/mol. The molecule has 2 nitrogen and oxygen atoms in total. The SMILES string of the molecule is CC(C)C1C2CN(c3ccccc3C#N)CC21. The largest absolute Gasteiger partial charge is 0.370 e. The third-order valence-corrected chi connectivity index (χ3v) is 4.40. The van der Waals surface area contributed by atoms with Gasteiger partial charge < -0.3 is 4.90 Å². The molecule has 88 valence electrons. The normalized spacial score (nSPS) is 30.2. The summed E-state index contributed by atoms with van der Waals surface area (Å²) >= 11 is 0. The molecule has 0 bridgehead atoms. The van der Waals surface area contributed by atoms with Crippen LogP contribution >= 0.6 is 0 Å². The van der Waals surface area contributed by atoms with Crippen molar-refractivity contribution in [2.24, 2.45) is 23.7 Å². The van der Waals surface area contributed by atoms with Gasteiger partial charge in [-0.05, 0) is 35.8 Å². The summed E-state index contributed by atoms with van der Waals surface area (Å²) in [6, 6.07) is 10.3. The summed E-state index contributed by atoms with van der Waals surface area (Å²) < 4.78 is 0. The van der Waals surface area contributed by atoms with Crippen LogP contribution < -0.4 is 4.90 Å². The minimum Gasteiger partial charge on any atom is -0.370 e. The van der Waals surface area contributed by atoms with Gasteiger partial charge >= 0.3 is 0 Å². The quantitative estimate of drug-likeness (QED) is 0.775. The summed E-state index contributed by atoms with van der Waals surface area (Å²) in [6.45, 7) is 6.95. The van der Waals surface area contributed by atoms with E-state index in [-0.39, 0.29) is 0 Å². The lowest BCUT2D eigenvalue weighted by Gasteiger charge is -2.23. The number of nitriles is 1. The van der Waals surface area contributed by atoms with Crippen LogP contribution in [0.1, 0.15) is 19.4 Å². The van der Waals surface area contributed by atoms with Crippen molar-refractivity contribution in [2.75, 3.05) is 18.0 Å². The minimum absolute atomic E-state index is 0.815. The van der Waals surface area contributed by atoms with E-state index in [0.717, 1.165) is 48.0 Å². The maximum atomic E-state index is 9.12. The lowest BCUT2D eigenvalue weighted by atomic mass is 10.0. The zero-order valence-corrected chi connectivity index (χ0v) is 10.4. The third kappa shape index (κ3) is 1.61. The smallest absolute Gasteiger partial charge is 0.101 e. The van der Waals surface area contributed by atoms with Gasteiger partial charge in [-0.25, -0.2) is 0 Å². The van der Waals surface area contributed by atoms with Gasteiger partial charge in [-0.1, -0.05) is 26.0 Å². The van der Waals surface area contributed by atoms with Crippen LogP contribution in [0.25, 0.3) is 0 Å². The summed E-state index contributed by atoms with van der Waals surface area (Å²) in [7, 11) is 0. The number of piperidine rings is 1. The van der Waals surface area contributed by atoms with Crippen molar-refractivity contribution in [1.29, 1.82) is 5.26 Å². The summed E-state index contributed by atoms with van der Waals surface area (Å²) in [5.41, 5.74) is 1.94. The first-order valence-corrected chi connectivity index (χ1v) is 6.46. The van der Waals surface area contributed by atoms with Gasteiger partial charge in [0.05, 0.1) is 11.3 Å². The molecule has 1 aromatic rings. The zero-order chi connectivity index (χ0) is 12.0. The molecule has 2 atom stereocenters. The van der Waals surface area contributed by atoms with E-state index in [4.69, 9.17) is 5.26 Å². The number of benzene rings is 1. The number of hydrogen-bond acceptors (Lipinski definition) is 2. The molecule has 1 saturated heterocycles. The Morgan fingerprint density at radius 2 is 1.88 bits per heavy atom. The molecule has 1 aliphatic heterocycles. The Morgan fingerprint density at radius 1 is 1.24 bits per heavy atom. The van der Waals surface area contributed by atoms with Crippen LogP contribution in [0.4, 0.5) is 5.69 Å². The first kappa shape index (κ1) is 10.7. The van der Waals surface area contributed by atoms with Gasteiger partial charge in [0.15, 0.2) is 0 Å². The molecule has 0 spiro atoms. The average Bonchev–Trinajstić information content (AvgIpc) is 2.86. The first-order valence-electron chi connectivity index (χ1n) is 6.46. The van der Waals surface area contributed by atoms with Crippen LogP contribution in [-0.2, 0) is 0 Å². The molecule has 17 heavy (non-hydrogen) atoms. The van der Waals surface area contributed by atoms with E-state index < -0.39 is 0 Å². The van der Waals surface area contributed by atoms with Gasteiger partial charge in [0.25, 0.3) is 0 Å². The van der Waals surface area contributed by atoms with Gasteiger partial charge in [-0.3, -0.25) is 0 Å². The van der Waals surface area contributed by atoms with Crippen LogP contribution in [0.3, 0.4) is 0 Å². The Labute approximate surface area is 103 Å². The van der Waals surface area contributed by atoms with Crippen molar-refractivity contribution in [2.45, 2.75) is 13.8 Å². The summed E-state index contributed by atoms with van der Waals surface area (Å²) in [5.74, 6) is 3.50. The molecular weight excluding hydrogens is 208 g/mol. The molecule has 1 saturated carbocycles. The third-order valence-electron chi connectivity index (χ3n) is 4.40. The second-order valence-corrected chi connectivity index (χ2v) is 5.68. The molecule has 0 aromatic heterocycles. The Hall–Kier alpha value is -1.49. The molecular formula is C15H18N2. The van der Waals surface area contributed by atoms with Gasteiger partial charge in [0.1, 0.15) is 6.07 Å². The number of hydrogen-bond donors (Lipinski definition) is 0. The number of anilines is 1. The molecule has 2 aliphatic rings. The van der Waals surface area contributed by atoms with Crippen LogP contribution in [0.5, 0.6) is 0 Å². The zero-order valence-electron chi connectivity index (χ0n) is 10.4. The first-order chi connectivity index (χ1) is 8.22. The molecule has 2 fully saturated rings. The van der Waals surface area contributed by atoms with E-state index in [0.29, 0.717) is 0 Å². The van der Waals surface area contributed by atoms with Gasteiger partial charge in [-0.2, -0.15) is 5.26 Å². The summed E-state index contributed by atoms with van der Waals surface area (Å²) in [4.78, 5) is 2.40. The number of rotatable bonds is 2. The molecule has 2 heteroatoms. The van der Waals surface area contributed by atoms with Crippen molar-refractivity contribution >= 4 is 5.69 Å². The van der Waals surface area contributed by atoms with E-state index in [1.54, 1.807) is 0 Å². The molecule has 1 aliphatic carbocycles. The highest BCUT2D eigenvalue weighted by atomic mass is 15.2. The van der Waals surface area contributed by atoms with E-state index in [2.05, 4.69) is 30.9 Å². The minimum atomic E-state index is 0.815. The van der Waals surface area contributed by atoms with Gasteiger partial charge in [0, 0.05) is 13.1 Å². The fourth-order valence-corrected chi connectivity index (χ4v) is 3.60. The molecule has 1 aromatic carbocycles. The van der Waals surface area contributed by atoms with E-state index in [1.807, 2.05) is 18.2 Å². The molecule has 0 amide bonds. The van der Waals surface area contributed by atoms with Crippen LogP contribution in [-0.4, -0.2) is 13.1 Å². The topological polar surface area (TPSA) is 27.0 Å². The Balaban J connectivity index is 1.76. The lowest BCUT2D eigenvalue weighted by Crippen LogP contribution is -2.25. The highest BCUT2D eigenvalue weighted by Crippen LogP contribution is 2.56. The predicted octanol–water partition coefficient (Wildman–Crippen LogP) is 2.90. The van der Waals surface area contributed by atoms with Crippen molar-refractivity contribution in [3.63, 3.8) is 0 Å². The highest BCUT2D eigenvalue weighted by molar-refractivity contribution is 5.60. The Bertz CT molecular complexity index is 460. The van der Waals surface area contributed by atoms with E-state index in [1.165, 1.54) is 0 Å². The Kier molecular flexibility index (Phi) is 2.36. The maximum Gasteiger partial charge on any atom is 0.101 e. The van der Waals surface area contributed by atoms with Crippen LogP contribution in [0.15, 0.2) is 24.3 Å². The highest BCUT2D eigenvalue weighted by Gasteiger charge is 2.56. The van der Waals surface area contributed by atoms with Crippen molar-refractivity contribution in [3.05, 3.63) is 29.8 Å². The van der Waals surface area contributed by atoms with Crippen molar-refractivity contribution in [1.82, 2.24) is 0 Å². The maximum absolute atomic E-state index is 9.12. The van der Waals surface area contributed by atoms with Gasteiger partial charge in [0.2, 0.25) is 0 Å². The molecule has 0 radical (unpaired) electrons. The molecule has 0 N–H and O–H groups in total. The van der Waals surface area contributed by atoms with E-state index >= 15 is 0 Å². The van der Waals surface area contributed by atoms with Crippen molar-refractivity contribution in [3.8, 4) is 6.07 Å². The molecule has 3 rings (SSSR count). The second-order valence-electron chi connectivity index (χ2n) is 5.68. The van der Waals surface area contributed by atoms with Gasteiger partial charge in [-0.15, -0.1) is 0 Å². The lowest BCUT2D eigenvalue weighted by molar-refractivity contribution is 0.480. The number of nitrogens with zero attached hydrogens (tertiary/aromatic N) is 2. The standard InChI is InChI=1S/C15H18N2/c1-10(2)15-12-8-17(9-13(12)15)14-6-4-3-5-11(14)7-16/h3-6,10,12-13,15H,8-9H2,1-2H3. The Morgan fingerprint density at radius 3 is 2.47 bits per heavy atom. The second kappa shape index (κ2) is 3.77. The fourth-order valence-electron chi connectivity index (χ4n) is 3.60. The fraction of sp³-hybridized carbons (Fsp3) is 0.533. The molecule has 1 heterocycles. The van der Waals surface area contributed by atoms with Crippen LogP contribution in [0, 0.1) is 35.0 Å². The van der Waals surface area contributed by atoms with Crippen LogP contribution in [0.2, 0.25) is 0 Å². The number of fused-ring (bicyclic) bond motifs is 1. The number of para-hydroxylation sites is 1.